The lowest BCUT2D eigenvalue weighted by Gasteiger charge is -2.31. The van der Waals surface area contributed by atoms with E-state index < -0.39 is 0 Å². The van der Waals surface area contributed by atoms with Crippen molar-refractivity contribution in [3.8, 4) is 0 Å². The Labute approximate surface area is 115 Å². The second kappa shape index (κ2) is 5.72. The van der Waals surface area contributed by atoms with Gasteiger partial charge in [0.25, 0.3) is 0 Å². The maximum absolute atomic E-state index is 6.03. The van der Waals surface area contributed by atoms with Crippen LogP contribution in [-0.2, 0) is 10.2 Å². The average Bonchev–Trinajstić information content (AvgIpc) is 2.79. The van der Waals surface area contributed by atoms with E-state index >= 15 is 0 Å². The molecule has 0 bridgehead atoms. The molecule has 18 heavy (non-hydrogen) atoms. The van der Waals surface area contributed by atoms with Crippen LogP contribution in [0.5, 0.6) is 0 Å². The highest BCUT2D eigenvalue weighted by Crippen LogP contribution is 2.39. The monoisotopic (exact) mass is 267 g/mol. The molecule has 3 heteroatoms. The van der Waals surface area contributed by atoms with Crippen LogP contribution in [0.3, 0.4) is 0 Å². The van der Waals surface area contributed by atoms with Crippen molar-refractivity contribution in [2.24, 2.45) is 5.92 Å². The molecule has 1 N–H and O–H groups in total. The molecule has 0 aliphatic carbocycles. The van der Waals surface area contributed by atoms with Gasteiger partial charge in [0, 0.05) is 28.8 Å². The largest absolute Gasteiger partial charge is 0.372 e. The Kier molecular flexibility index (Phi) is 4.46. The molecule has 1 aliphatic rings. The molecule has 2 rings (SSSR count). The normalized spacial score (nSPS) is 25.3. The fraction of sp³-hybridized carbons (Fsp3) is 0.733. The SMILES string of the molecule is CNCC1CCCOC1c1ccc(C(C)(C)C)s1. The van der Waals surface area contributed by atoms with Gasteiger partial charge in [-0.25, -0.2) is 0 Å². The number of thiophene rings is 1. The van der Waals surface area contributed by atoms with E-state index in [4.69, 9.17) is 4.74 Å². The summed E-state index contributed by atoms with van der Waals surface area (Å²) in [5.74, 6) is 0.621. The van der Waals surface area contributed by atoms with Crippen LogP contribution in [0, 0.1) is 5.92 Å². The van der Waals surface area contributed by atoms with E-state index in [-0.39, 0.29) is 5.41 Å². The third-order valence-corrected chi connectivity index (χ3v) is 5.13. The van der Waals surface area contributed by atoms with Gasteiger partial charge < -0.3 is 10.1 Å². The van der Waals surface area contributed by atoms with Gasteiger partial charge in [0.1, 0.15) is 0 Å². The predicted molar refractivity (Wildman–Crippen MR) is 78.4 cm³/mol. The van der Waals surface area contributed by atoms with Crippen LogP contribution in [0.4, 0.5) is 0 Å². The fourth-order valence-electron chi connectivity index (χ4n) is 2.54. The molecule has 2 unspecified atom stereocenters. The Morgan fingerprint density at radius 2 is 2.17 bits per heavy atom. The van der Waals surface area contributed by atoms with E-state index in [2.05, 4.69) is 38.2 Å². The van der Waals surface area contributed by atoms with Gasteiger partial charge in [0.2, 0.25) is 0 Å². The quantitative estimate of drug-likeness (QED) is 0.901. The van der Waals surface area contributed by atoms with E-state index in [1.165, 1.54) is 22.6 Å². The molecule has 0 amide bonds. The lowest BCUT2D eigenvalue weighted by atomic mass is 9.92. The molecule has 1 aromatic heterocycles. The van der Waals surface area contributed by atoms with Crippen molar-refractivity contribution < 1.29 is 4.74 Å². The summed E-state index contributed by atoms with van der Waals surface area (Å²) < 4.78 is 6.03. The summed E-state index contributed by atoms with van der Waals surface area (Å²) in [5.41, 5.74) is 0.246. The van der Waals surface area contributed by atoms with Gasteiger partial charge in [0.05, 0.1) is 6.10 Å². The van der Waals surface area contributed by atoms with Gasteiger partial charge in [-0.3, -0.25) is 0 Å². The molecule has 2 nitrogen and oxygen atoms in total. The lowest BCUT2D eigenvalue weighted by molar-refractivity contribution is -0.0250. The Hall–Kier alpha value is -0.380. The molecule has 102 valence electrons. The molecule has 1 saturated heterocycles. The molecule has 1 fully saturated rings. The smallest absolute Gasteiger partial charge is 0.0956 e. The minimum Gasteiger partial charge on any atom is -0.372 e. The van der Waals surface area contributed by atoms with Gasteiger partial charge in [-0.2, -0.15) is 0 Å². The predicted octanol–water partition coefficient (Wildman–Crippen LogP) is 3.73. The van der Waals surface area contributed by atoms with E-state index in [0.717, 1.165) is 13.2 Å². The van der Waals surface area contributed by atoms with Crippen molar-refractivity contribution >= 4 is 11.3 Å². The topological polar surface area (TPSA) is 21.3 Å². The number of hydrogen-bond donors (Lipinski definition) is 1. The van der Waals surface area contributed by atoms with Gasteiger partial charge in [0.15, 0.2) is 0 Å². The van der Waals surface area contributed by atoms with Crippen LogP contribution >= 0.6 is 11.3 Å². The second-order valence-electron chi connectivity index (χ2n) is 6.20. The van der Waals surface area contributed by atoms with E-state index in [0.29, 0.717) is 12.0 Å². The summed E-state index contributed by atoms with van der Waals surface area (Å²) in [7, 11) is 2.03. The summed E-state index contributed by atoms with van der Waals surface area (Å²) in [6, 6.07) is 4.54. The minimum absolute atomic E-state index is 0.246. The van der Waals surface area contributed by atoms with Gasteiger partial charge in [-0.05, 0) is 37.4 Å². The maximum atomic E-state index is 6.03. The molecule has 0 radical (unpaired) electrons. The van der Waals surface area contributed by atoms with Crippen LogP contribution < -0.4 is 5.32 Å². The molecule has 2 heterocycles. The summed E-state index contributed by atoms with van der Waals surface area (Å²) in [4.78, 5) is 2.86. The molecule has 1 aromatic rings. The Bertz CT molecular complexity index is 378. The highest BCUT2D eigenvalue weighted by Gasteiger charge is 2.29. The summed E-state index contributed by atoms with van der Waals surface area (Å²) in [6.45, 7) is 8.78. The Morgan fingerprint density at radius 3 is 2.78 bits per heavy atom. The number of rotatable bonds is 3. The first-order chi connectivity index (χ1) is 8.52. The zero-order valence-electron chi connectivity index (χ0n) is 12.0. The molecular formula is C15H25NOS. The van der Waals surface area contributed by atoms with E-state index in [9.17, 15) is 0 Å². The second-order valence-corrected chi connectivity index (χ2v) is 7.32. The van der Waals surface area contributed by atoms with E-state index in [1.807, 2.05) is 18.4 Å². The van der Waals surface area contributed by atoms with Crippen molar-refractivity contribution in [2.45, 2.75) is 45.1 Å². The lowest BCUT2D eigenvalue weighted by Crippen LogP contribution is -2.29. The first-order valence-electron chi connectivity index (χ1n) is 6.89. The zero-order chi connectivity index (χ0) is 13.2. The maximum Gasteiger partial charge on any atom is 0.0956 e. The molecule has 0 spiro atoms. The molecule has 0 aromatic carbocycles. The summed E-state index contributed by atoms with van der Waals surface area (Å²) in [5, 5.41) is 3.30. The highest BCUT2D eigenvalue weighted by atomic mass is 32.1. The molecule has 2 atom stereocenters. The van der Waals surface area contributed by atoms with Crippen LogP contribution in [0.15, 0.2) is 12.1 Å². The summed E-state index contributed by atoms with van der Waals surface area (Å²) >= 11 is 1.92. The molecular weight excluding hydrogens is 242 g/mol. The van der Waals surface area contributed by atoms with Gasteiger partial charge >= 0.3 is 0 Å². The van der Waals surface area contributed by atoms with Crippen LogP contribution in [0.1, 0.15) is 49.5 Å². The van der Waals surface area contributed by atoms with Crippen LogP contribution in [-0.4, -0.2) is 20.2 Å². The highest BCUT2D eigenvalue weighted by molar-refractivity contribution is 7.12. The van der Waals surface area contributed by atoms with Gasteiger partial charge in [-0.1, -0.05) is 20.8 Å². The Balaban J connectivity index is 2.15. The van der Waals surface area contributed by atoms with Crippen LogP contribution in [0.2, 0.25) is 0 Å². The molecule has 1 aliphatic heterocycles. The third kappa shape index (κ3) is 3.14. The van der Waals surface area contributed by atoms with Crippen molar-refractivity contribution in [1.29, 1.82) is 0 Å². The minimum atomic E-state index is 0.246. The third-order valence-electron chi connectivity index (χ3n) is 3.56. The Morgan fingerprint density at radius 1 is 1.39 bits per heavy atom. The summed E-state index contributed by atoms with van der Waals surface area (Å²) in [6.07, 6.45) is 2.77. The first kappa shape index (κ1) is 14.0. The zero-order valence-corrected chi connectivity index (χ0v) is 12.8. The average molecular weight is 267 g/mol. The van der Waals surface area contributed by atoms with Crippen LogP contribution in [0.25, 0.3) is 0 Å². The number of nitrogens with one attached hydrogen (secondary N) is 1. The fourth-order valence-corrected chi connectivity index (χ4v) is 3.75. The number of hydrogen-bond acceptors (Lipinski definition) is 3. The van der Waals surface area contributed by atoms with Crippen molar-refractivity contribution in [3.63, 3.8) is 0 Å². The number of ether oxygens (including phenoxy) is 1. The van der Waals surface area contributed by atoms with Gasteiger partial charge in [-0.15, -0.1) is 11.3 Å². The van der Waals surface area contributed by atoms with Crippen molar-refractivity contribution in [1.82, 2.24) is 5.32 Å². The standard InChI is InChI=1S/C15H25NOS/c1-15(2,3)13-8-7-12(18-13)14-11(10-16-4)6-5-9-17-14/h7-8,11,14,16H,5-6,9-10H2,1-4H3. The van der Waals surface area contributed by atoms with E-state index in [1.54, 1.807) is 0 Å². The molecule has 0 saturated carbocycles. The first-order valence-corrected chi connectivity index (χ1v) is 7.70. The van der Waals surface area contributed by atoms with Crippen molar-refractivity contribution in [3.05, 3.63) is 21.9 Å². The van der Waals surface area contributed by atoms with Crippen molar-refractivity contribution in [2.75, 3.05) is 20.2 Å².